The first kappa shape index (κ1) is 30.4. The van der Waals surface area contributed by atoms with E-state index in [0.717, 1.165) is 0 Å². The second-order valence-corrected chi connectivity index (χ2v) is 23.1. The highest BCUT2D eigenvalue weighted by atomic mass is 28.4. The molecule has 36 heavy (non-hydrogen) atoms. The predicted molar refractivity (Wildman–Crippen MR) is 155 cm³/mol. The van der Waals surface area contributed by atoms with E-state index in [4.69, 9.17) is 4.43 Å². The molecule has 6 heteroatoms. The fourth-order valence-corrected chi connectivity index (χ4v) is 17.2. The molecule has 2 rings (SSSR count). The summed E-state index contributed by atoms with van der Waals surface area (Å²) in [4.78, 5) is 0. The van der Waals surface area contributed by atoms with Crippen molar-refractivity contribution in [2.24, 2.45) is 0 Å². The Morgan fingerprint density at radius 2 is 1.22 bits per heavy atom. The van der Waals surface area contributed by atoms with E-state index >= 15 is 8.78 Å². The number of fused-ring (bicyclic) bond motifs is 1. The van der Waals surface area contributed by atoms with Crippen LogP contribution in [0.5, 0.6) is 11.5 Å². The third kappa shape index (κ3) is 5.11. The maximum atomic E-state index is 15.7. The van der Waals surface area contributed by atoms with E-state index in [9.17, 15) is 5.11 Å². The van der Waals surface area contributed by atoms with Crippen LogP contribution in [0.4, 0.5) is 8.78 Å². The molecule has 0 aliphatic rings. The molecule has 1 N–H and O–H groups in total. The molecule has 0 heterocycles. The summed E-state index contributed by atoms with van der Waals surface area (Å²) in [6.45, 7) is 25.9. The predicted octanol–water partition coefficient (Wildman–Crippen LogP) is 9.95. The first-order valence-electron chi connectivity index (χ1n) is 13.4. The van der Waals surface area contributed by atoms with Crippen molar-refractivity contribution in [2.45, 2.75) is 116 Å². The number of phenolic OH excluding ortho intramolecular Hbond substituents is 1. The highest BCUT2D eigenvalue weighted by molar-refractivity contribution is 6.90. The lowest BCUT2D eigenvalue weighted by Gasteiger charge is -2.42. The van der Waals surface area contributed by atoms with Crippen molar-refractivity contribution >= 4 is 27.2 Å². The largest absolute Gasteiger partial charge is 0.541 e. The van der Waals surface area contributed by atoms with E-state index in [0.29, 0.717) is 22.0 Å². The normalized spacial score (nSPS) is 13.0. The minimum atomic E-state index is -2.46. The van der Waals surface area contributed by atoms with Gasteiger partial charge in [0.05, 0.1) is 5.56 Å². The average molecular weight is 533 g/mol. The number of aromatic hydroxyl groups is 1. The van der Waals surface area contributed by atoms with Crippen molar-refractivity contribution in [3.8, 4) is 23.0 Å². The van der Waals surface area contributed by atoms with Crippen LogP contribution in [-0.2, 0) is 0 Å². The fourth-order valence-electron chi connectivity index (χ4n) is 6.74. The van der Waals surface area contributed by atoms with Crippen molar-refractivity contribution in [3.63, 3.8) is 0 Å². The van der Waals surface area contributed by atoms with Gasteiger partial charge in [0.15, 0.2) is 5.75 Å². The Labute approximate surface area is 220 Å². The van der Waals surface area contributed by atoms with Gasteiger partial charge >= 0.3 is 0 Å². The van der Waals surface area contributed by atoms with E-state index in [2.05, 4.69) is 94.5 Å². The van der Waals surface area contributed by atoms with Gasteiger partial charge in [0, 0.05) is 5.39 Å². The highest BCUT2D eigenvalue weighted by Gasteiger charge is 2.47. The van der Waals surface area contributed by atoms with Gasteiger partial charge in [-0.2, -0.15) is 4.39 Å². The monoisotopic (exact) mass is 532 g/mol. The minimum Gasteiger partial charge on any atom is -0.541 e. The van der Waals surface area contributed by atoms with Crippen molar-refractivity contribution < 1.29 is 18.3 Å². The van der Waals surface area contributed by atoms with Crippen molar-refractivity contribution in [1.29, 1.82) is 0 Å². The summed E-state index contributed by atoms with van der Waals surface area (Å²) in [5, 5.41) is 11.7. The molecular formula is C30H46F2O2Si2. The Kier molecular flexibility index (Phi) is 9.51. The zero-order valence-corrected chi connectivity index (χ0v) is 26.3. The molecule has 2 nitrogen and oxygen atoms in total. The molecule has 0 aromatic heterocycles. The lowest BCUT2D eigenvalue weighted by atomic mass is 10.0. The molecule has 0 amide bonds. The van der Waals surface area contributed by atoms with E-state index in [1.54, 1.807) is 12.1 Å². The second kappa shape index (κ2) is 11.3. The third-order valence-electron chi connectivity index (χ3n) is 8.40. The topological polar surface area (TPSA) is 29.5 Å². The molecule has 0 fully saturated rings. The quantitative estimate of drug-likeness (QED) is 0.271. The molecular weight excluding hydrogens is 486 g/mol. The van der Waals surface area contributed by atoms with Gasteiger partial charge < -0.3 is 9.53 Å². The van der Waals surface area contributed by atoms with Crippen LogP contribution in [0.3, 0.4) is 0 Å². The van der Waals surface area contributed by atoms with Crippen molar-refractivity contribution in [2.75, 3.05) is 0 Å². The molecule has 0 radical (unpaired) electrons. The summed E-state index contributed by atoms with van der Waals surface area (Å²) in [6, 6.07) is 4.54. The van der Waals surface area contributed by atoms with Gasteiger partial charge in [-0.25, -0.2) is 4.39 Å². The first-order valence-corrected chi connectivity index (χ1v) is 17.8. The van der Waals surface area contributed by atoms with Crippen LogP contribution >= 0.6 is 0 Å². The van der Waals surface area contributed by atoms with Crippen LogP contribution in [0.15, 0.2) is 18.2 Å². The molecule has 0 aliphatic carbocycles. The van der Waals surface area contributed by atoms with Crippen LogP contribution in [0.2, 0.25) is 33.2 Å². The Morgan fingerprint density at radius 1 is 0.750 bits per heavy atom. The number of rotatable bonds is 8. The van der Waals surface area contributed by atoms with Crippen molar-refractivity contribution in [3.05, 3.63) is 35.4 Å². The van der Waals surface area contributed by atoms with Gasteiger partial charge in [-0.05, 0) is 50.8 Å². The maximum Gasteiger partial charge on any atom is 0.258 e. The van der Waals surface area contributed by atoms with E-state index in [-0.39, 0.29) is 33.3 Å². The van der Waals surface area contributed by atoms with Crippen LogP contribution in [-0.4, -0.2) is 21.5 Å². The standard InChI is InChI=1S/C30H46F2O2Si2/c1-18(2)35(19(3)4,20(5)6)16-15-25-26(31)14-13-24-17-27(29(32)30(33)28(24)25)34-36(21(7)8,22(9)10)23(11)12/h13-14,17-23,33H,1-12H3. The van der Waals surface area contributed by atoms with Gasteiger partial charge in [0.2, 0.25) is 5.82 Å². The Balaban J connectivity index is 2.83. The Hall–Kier alpha value is -1.85. The summed E-state index contributed by atoms with van der Waals surface area (Å²) in [6.07, 6.45) is 0. The highest BCUT2D eigenvalue weighted by Crippen LogP contribution is 2.46. The Bertz CT molecular complexity index is 1100. The van der Waals surface area contributed by atoms with Gasteiger partial charge in [0.25, 0.3) is 8.32 Å². The fraction of sp³-hybridized carbons (Fsp3) is 0.600. The molecule has 0 saturated heterocycles. The summed E-state index contributed by atoms with van der Waals surface area (Å²) in [5.41, 5.74) is 5.41. The molecule has 0 aliphatic heterocycles. The number of benzene rings is 2. The number of halogens is 2. The van der Waals surface area contributed by atoms with Crippen LogP contribution < -0.4 is 4.43 Å². The maximum absolute atomic E-state index is 15.7. The van der Waals surface area contributed by atoms with Gasteiger partial charge in [-0.3, -0.25) is 0 Å². The van der Waals surface area contributed by atoms with Gasteiger partial charge in [-0.15, -0.1) is 5.54 Å². The number of phenols is 1. The zero-order valence-electron chi connectivity index (χ0n) is 24.3. The van der Waals surface area contributed by atoms with Gasteiger partial charge in [0.1, 0.15) is 19.6 Å². The average Bonchev–Trinajstić information content (AvgIpc) is 2.75. The van der Waals surface area contributed by atoms with Crippen molar-refractivity contribution in [1.82, 2.24) is 0 Å². The number of hydrogen-bond acceptors (Lipinski definition) is 2. The van der Waals surface area contributed by atoms with Crippen LogP contribution in [0, 0.1) is 23.1 Å². The number of hydrogen-bond donors (Lipinski definition) is 1. The third-order valence-corrected chi connectivity index (χ3v) is 20.7. The van der Waals surface area contributed by atoms with Crippen LogP contribution in [0.25, 0.3) is 10.8 Å². The summed E-state index contributed by atoms with van der Waals surface area (Å²) in [5.74, 6) is 1.18. The minimum absolute atomic E-state index is 0.0450. The van der Waals surface area contributed by atoms with E-state index in [1.807, 2.05) is 0 Å². The lowest BCUT2D eigenvalue weighted by Crippen LogP contribution is -2.50. The molecule has 0 unspecified atom stereocenters. The molecule has 0 saturated carbocycles. The summed E-state index contributed by atoms with van der Waals surface area (Å²) >= 11 is 0. The molecule has 200 valence electrons. The molecule has 2 aromatic rings. The molecule has 0 spiro atoms. The second-order valence-electron chi connectivity index (χ2n) is 12.1. The molecule has 2 aromatic carbocycles. The van der Waals surface area contributed by atoms with E-state index in [1.165, 1.54) is 6.07 Å². The van der Waals surface area contributed by atoms with Crippen LogP contribution in [0.1, 0.15) is 88.6 Å². The smallest absolute Gasteiger partial charge is 0.258 e. The molecule has 0 bridgehead atoms. The van der Waals surface area contributed by atoms with E-state index < -0.39 is 33.8 Å². The zero-order chi connectivity index (χ0) is 27.7. The summed E-state index contributed by atoms with van der Waals surface area (Å²) in [7, 11) is -4.61. The van der Waals surface area contributed by atoms with Gasteiger partial charge in [-0.1, -0.05) is 95.1 Å². The first-order chi connectivity index (χ1) is 16.5. The summed E-state index contributed by atoms with van der Waals surface area (Å²) < 4.78 is 37.4. The SMILES string of the molecule is CC(C)[Si](C#Cc1c(F)ccc2cc(O[Si](C(C)C)(C(C)C)C(C)C)c(F)c(O)c12)(C(C)C)C(C)C. The molecule has 0 atom stereocenters. The Morgan fingerprint density at radius 3 is 1.64 bits per heavy atom. The lowest BCUT2D eigenvalue weighted by molar-refractivity contribution is 0.404.